The van der Waals surface area contributed by atoms with Gasteiger partial charge in [0, 0.05) is 33.1 Å². The highest BCUT2D eigenvalue weighted by Crippen LogP contribution is 2.28. The maximum absolute atomic E-state index is 11.8. The van der Waals surface area contributed by atoms with Crippen LogP contribution in [0.4, 0.5) is 0 Å². The van der Waals surface area contributed by atoms with E-state index in [1.165, 1.54) is 5.56 Å². The third-order valence-electron chi connectivity index (χ3n) is 2.52. The van der Waals surface area contributed by atoms with Gasteiger partial charge in [0.1, 0.15) is 4.58 Å². The molecule has 2 rings (SSSR count). The number of benzene rings is 1. The van der Waals surface area contributed by atoms with Crippen molar-refractivity contribution in [1.82, 2.24) is 0 Å². The maximum Gasteiger partial charge on any atom is 0.135 e. The van der Waals surface area contributed by atoms with Crippen molar-refractivity contribution in [1.29, 1.82) is 0 Å². The van der Waals surface area contributed by atoms with Crippen LogP contribution in [0.5, 0.6) is 0 Å². The third kappa shape index (κ3) is 2.37. The van der Waals surface area contributed by atoms with E-state index in [2.05, 4.69) is 0 Å². The minimum Gasteiger partial charge on any atom is -0.258 e. The molecule has 0 aromatic heterocycles. The second kappa shape index (κ2) is 4.58. The summed E-state index contributed by atoms with van der Waals surface area (Å²) in [5.74, 6) is 1.37. The third-order valence-corrected chi connectivity index (χ3v) is 6.69. The summed E-state index contributed by atoms with van der Waals surface area (Å²) in [5, 5.41) is 0. The molecule has 1 fully saturated rings. The molecule has 1 aromatic carbocycles. The van der Waals surface area contributed by atoms with Crippen LogP contribution in [0.25, 0.3) is 0 Å². The Morgan fingerprint density at radius 2 is 1.60 bits per heavy atom. The van der Waals surface area contributed by atoms with Crippen LogP contribution >= 0.6 is 0 Å². The highest BCUT2D eigenvalue weighted by molar-refractivity contribution is 8.02. The van der Waals surface area contributed by atoms with Crippen molar-refractivity contribution in [3.63, 3.8) is 0 Å². The topological polar surface area (TPSA) is 34.1 Å². The normalized spacial score (nSPS) is 31.4. The molecule has 0 saturated carbocycles. The summed E-state index contributed by atoms with van der Waals surface area (Å²) in [6.45, 7) is 2.01. The Kier molecular flexibility index (Phi) is 3.36. The first kappa shape index (κ1) is 11.0. The molecule has 0 aliphatic carbocycles. The van der Waals surface area contributed by atoms with Gasteiger partial charge in [0.25, 0.3) is 0 Å². The van der Waals surface area contributed by atoms with Crippen LogP contribution in [0.15, 0.2) is 24.3 Å². The summed E-state index contributed by atoms with van der Waals surface area (Å²) < 4.78 is 23.4. The smallest absolute Gasteiger partial charge is 0.135 e. The van der Waals surface area contributed by atoms with Crippen LogP contribution in [-0.4, -0.2) is 19.9 Å². The largest absolute Gasteiger partial charge is 0.258 e. The fourth-order valence-corrected chi connectivity index (χ4v) is 5.63. The molecule has 0 N–H and O–H groups in total. The minimum atomic E-state index is -0.966. The van der Waals surface area contributed by atoms with E-state index < -0.39 is 21.6 Å². The Hall–Kier alpha value is -0.480. The van der Waals surface area contributed by atoms with Crippen molar-refractivity contribution in [3.8, 4) is 0 Å². The van der Waals surface area contributed by atoms with Crippen molar-refractivity contribution >= 4 is 21.6 Å². The molecule has 0 bridgehead atoms. The monoisotopic (exact) mass is 242 g/mol. The Balaban J connectivity index is 2.31. The molecular weight excluding hydrogens is 228 g/mol. The van der Waals surface area contributed by atoms with E-state index in [0.29, 0.717) is 11.5 Å². The van der Waals surface area contributed by atoms with Gasteiger partial charge in [-0.1, -0.05) is 29.8 Å². The molecular formula is C11H14O2S2. The van der Waals surface area contributed by atoms with Crippen LogP contribution in [0, 0.1) is 6.92 Å². The van der Waals surface area contributed by atoms with Gasteiger partial charge < -0.3 is 0 Å². The molecule has 1 aliphatic rings. The fraction of sp³-hybridized carbons (Fsp3) is 0.455. The van der Waals surface area contributed by atoms with Gasteiger partial charge >= 0.3 is 0 Å². The summed E-state index contributed by atoms with van der Waals surface area (Å²) in [5.41, 5.74) is 2.13. The molecule has 15 heavy (non-hydrogen) atoms. The zero-order valence-electron chi connectivity index (χ0n) is 8.64. The second-order valence-electron chi connectivity index (χ2n) is 3.77. The van der Waals surface area contributed by atoms with E-state index in [-0.39, 0.29) is 4.58 Å². The molecule has 1 heterocycles. The molecule has 4 heteroatoms. The first-order valence-corrected chi connectivity index (χ1v) is 7.76. The van der Waals surface area contributed by atoms with Gasteiger partial charge in [-0.15, -0.1) is 0 Å². The molecule has 0 spiro atoms. The fourth-order valence-electron chi connectivity index (χ4n) is 1.70. The average molecular weight is 242 g/mol. The highest BCUT2D eigenvalue weighted by atomic mass is 32.2. The standard InChI is InChI=1S/C11H14O2S2/c1-9-3-5-10(6-4-9)11-14(12)7-2-8-15(11)13/h3-6,11H,2,7-8H2,1H3. The molecule has 0 radical (unpaired) electrons. The first-order chi connectivity index (χ1) is 7.18. The predicted molar refractivity (Wildman–Crippen MR) is 64.6 cm³/mol. The van der Waals surface area contributed by atoms with Crippen LogP contribution in [0.1, 0.15) is 22.1 Å². The van der Waals surface area contributed by atoms with Crippen LogP contribution in [-0.2, 0) is 21.6 Å². The lowest BCUT2D eigenvalue weighted by Crippen LogP contribution is -2.23. The van der Waals surface area contributed by atoms with Crippen molar-refractivity contribution in [2.45, 2.75) is 17.9 Å². The van der Waals surface area contributed by atoms with Gasteiger partial charge in [-0.2, -0.15) is 0 Å². The summed E-state index contributed by atoms with van der Waals surface area (Å²) in [4.78, 5) is 0. The molecule has 1 aliphatic heterocycles. The molecule has 1 aromatic rings. The minimum absolute atomic E-state index is 0.264. The lowest BCUT2D eigenvalue weighted by atomic mass is 10.2. The average Bonchev–Trinajstić information content (AvgIpc) is 2.20. The van der Waals surface area contributed by atoms with E-state index in [9.17, 15) is 8.42 Å². The zero-order valence-corrected chi connectivity index (χ0v) is 10.3. The Bertz CT molecular complexity index is 382. The van der Waals surface area contributed by atoms with E-state index in [1.807, 2.05) is 31.2 Å². The van der Waals surface area contributed by atoms with Gasteiger partial charge in [0.05, 0.1) is 0 Å². The first-order valence-electron chi connectivity index (χ1n) is 4.99. The van der Waals surface area contributed by atoms with Crippen LogP contribution in [0.2, 0.25) is 0 Å². The van der Waals surface area contributed by atoms with Gasteiger partial charge in [-0.3, -0.25) is 8.42 Å². The van der Waals surface area contributed by atoms with E-state index >= 15 is 0 Å². The van der Waals surface area contributed by atoms with Crippen LogP contribution < -0.4 is 0 Å². The Morgan fingerprint density at radius 3 is 2.13 bits per heavy atom. The molecule has 1 saturated heterocycles. The predicted octanol–water partition coefficient (Wildman–Crippen LogP) is 1.89. The van der Waals surface area contributed by atoms with E-state index in [1.54, 1.807) is 0 Å². The number of aryl methyl sites for hydroxylation is 1. The van der Waals surface area contributed by atoms with Gasteiger partial charge in [-0.05, 0) is 18.9 Å². The molecule has 2 nitrogen and oxygen atoms in total. The van der Waals surface area contributed by atoms with Crippen molar-refractivity contribution in [3.05, 3.63) is 35.4 Å². The van der Waals surface area contributed by atoms with E-state index in [0.717, 1.165) is 12.0 Å². The van der Waals surface area contributed by atoms with Gasteiger partial charge in [0.15, 0.2) is 0 Å². The van der Waals surface area contributed by atoms with Gasteiger partial charge in [-0.25, -0.2) is 0 Å². The van der Waals surface area contributed by atoms with Crippen LogP contribution in [0.3, 0.4) is 0 Å². The summed E-state index contributed by atoms with van der Waals surface area (Å²) >= 11 is 0. The van der Waals surface area contributed by atoms with Gasteiger partial charge in [0.2, 0.25) is 0 Å². The van der Waals surface area contributed by atoms with Crippen molar-refractivity contribution < 1.29 is 8.42 Å². The van der Waals surface area contributed by atoms with E-state index in [4.69, 9.17) is 0 Å². The molecule has 2 unspecified atom stereocenters. The molecule has 0 amide bonds. The summed E-state index contributed by atoms with van der Waals surface area (Å²) in [7, 11) is -1.93. The maximum atomic E-state index is 11.8. The summed E-state index contributed by atoms with van der Waals surface area (Å²) in [6.07, 6.45) is 0.821. The van der Waals surface area contributed by atoms with Crippen molar-refractivity contribution in [2.24, 2.45) is 0 Å². The number of rotatable bonds is 1. The molecule has 82 valence electrons. The Labute approximate surface area is 95.0 Å². The second-order valence-corrected chi connectivity index (χ2v) is 7.35. The molecule has 2 atom stereocenters. The highest BCUT2D eigenvalue weighted by Gasteiger charge is 2.28. The lowest BCUT2D eigenvalue weighted by molar-refractivity contribution is 0.664. The zero-order chi connectivity index (χ0) is 10.8. The lowest BCUT2D eigenvalue weighted by Gasteiger charge is -2.21. The quantitative estimate of drug-likeness (QED) is 0.753. The number of hydrogen-bond acceptors (Lipinski definition) is 2. The number of hydrogen-bond donors (Lipinski definition) is 0. The van der Waals surface area contributed by atoms with Crippen molar-refractivity contribution in [2.75, 3.05) is 11.5 Å². The summed E-state index contributed by atoms with van der Waals surface area (Å²) in [6, 6.07) is 7.86. The Morgan fingerprint density at radius 1 is 1.07 bits per heavy atom. The SMILES string of the molecule is Cc1ccc(C2S(=O)CCCS2=O)cc1.